The molecule has 1 aliphatic heterocycles. The lowest BCUT2D eigenvalue weighted by Gasteiger charge is -2.16. The van der Waals surface area contributed by atoms with Crippen LogP contribution in [0, 0.1) is 11.3 Å². The Balaban J connectivity index is 2.14. The number of aliphatic hydroxyl groups excluding tert-OH is 2. The van der Waals surface area contributed by atoms with E-state index in [1.807, 2.05) is 6.07 Å². The molecule has 8 nitrogen and oxygen atoms in total. The van der Waals surface area contributed by atoms with Crippen LogP contribution >= 0.6 is 0 Å². The van der Waals surface area contributed by atoms with E-state index in [1.165, 1.54) is 17.1 Å². The fraction of sp³-hybridized carbons (Fsp3) is 0.417. The van der Waals surface area contributed by atoms with Gasteiger partial charge in [-0.2, -0.15) is 5.26 Å². The molecule has 0 aliphatic carbocycles. The Labute approximate surface area is 118 Å². The quantitative estimate of drug-likeness (QED) is 0.678. The molecule has 9 heteroatoms. The highest BCUT2D eigenvalue weighted by Crippen LogP contribution is 2.35. The molecule has 2 aromatic heterocycles. The first-order valence-corrected chi connectivity index (χ1v) is 6.18. The second-order valence-electron chi connectivity index (χ2n) is 4.70. The molecule has 3 rings (SSSR count). The highest BCUT2D eigenvalue weighted by Gasteiger charge is 2.45. The second kappa shape index (κ2) is 4.92. The van der Waals surface area contributed by atoms with Crippen molar-refractivity contribution in [3.05, 3.63) is 18.1 Å². The van der Waals surface area contributed by atoms with Crippen molar-refractivity contribution < 1.29 is 19.3 Å². The van der Waals surface area contributed by atoms with Gasteiger partial charge in [-0.05, 0) is 0 Å². The van der Waals surface area contributed by atoms with Gasteiger partial charge in [-0.3, -0.25) is 0 Å². The molecule has 0 aromatic carbocycles. The number of aromatic nitrogens is 3. The van der Waals surface area contributed by atoms with E-state index in [0.29, 0.717) is 5.39 Å². The first-order chi connectivity index (χ1) is 10.1. The lowest BCUT2D eigenvalue weighted by molar-refractivity contribution is -0.0493. The first-order valence-electron chi connectivity index (χ1n) is 6.18. The number of anilines is 1. The molecule has 0 spiro atoms. The fourth-order valence-electron chi connectivity index (χ4n) is 2.47. The van der Waals surface area contributed by atoms with Gasteiger partial charge in [0, 0.05) is 6.20 Å². The van der Waals surface area contributed by atoms with Crippen LogP contribution in [-0.2, 0) is 4.74 Å². The molecule has 0 amide bonds. The van der Waals surface area contributed by atoms with Gasteiger partial charge in [0.25, 0.3) is 0 Å². The van der Waals surface area contributed by atoms with E-state index in [-0.39, 0.29) is 17.0 Å². The van der Waals surface area contributed by atoms with Crippen LogP contribution in [0.25, 0.3) is 11.0 Å². The largest absolute Gasteiger partial charge is 0.394 e. The maximum absolute atomic E-state index is 13.8. The molecule has 1 saturated heterocycles. The number of rotatable bonds is 2. The summed E-state index contributed by atoms with van der Waals surface area (Å²) >= 11 is 0. The Kier molecular flexibility index (Phi) is 3.21. The maximum Gasteiger partial charge on any atom is 0.164 e. The number of nitrogen functional groups attached to an aromatic ring is 1. The van der Waals surface area contributed by atoms with Crippen molar-refractivity contribution in [1.29, 1.82) is 5.26 Å². The molecule has 2 aromatic rings. The van der Waals surface area contributed by atoms with Gasteiger partial charge in [0.1, 0.15) is 36.1 Å². The van der Waals surface area contributed by atoms with Crippen molar-refractivity contribution in [2.24, 2.45) is 0 Å². The lowest BCUT2D eigenvalue weighted by atomic mass is 10.1. The van der Waals surface area contributed by atoms with Crippen LogP contribution in [0.2, 0.25) is 0 Å². The zero-order chi connectivity index (χ0) is 15.1. The standard InChI is InChI=1S/C12H12FN5O3/c13-8-6(3-19)21-12(9(8)20)18-2-5(1-14)7-10(15)16-4-17-11(7)18/h2,4,6,8-9,12,19-20H,3H2,(H2,15,16,17)/t6-,8-,9-,12?/m1/s1. The zero-order valence-corrected chi connectivity index (χ0v) is 10.7. The van der Waals surface area contributed by atoms with Gasteiger partial charge in [-0.15, -0.1) is 0 Å². The van der Waals surface area contributed by atoms with Crippen LogP contribution in [0.15, 0.2) is 12.5 Å². The molecule has 0 bridgehead atoms. The number of ether oxygens (including phenoxy) is 1. The molecule has 0 saturated carbocycles. The summed E-state index contributed by atoms with van der Waals surface area (Å²) in [6.07, 6.45) is -2.88. The van der Waals surface area contributed by atoms with Gasteiger partial charge in [0.05, 0.1) is 17.6 Å². The predicted molar refractivity (Wildman–Crippen MR) is 68.6 cm³/mol. The van der Waals surface area contributed by atoms with Crippen molar-refractivity contribution in [2.45, 2.75) is 24.6 Å². The maximum atomic E-state index is 13.8. The second-order valence-corrected chi connectivity index (χ2v) is 4.70. The lowest BCUT2D eigenvalue weighted by Crippen LogP contribution is -2.29. The van der Waals surface area contributed by atoms with Crippen LogP contribution in [0.4, 0.5) is 10.2 Å². The highest BCUT2D eigenvalue weighted by atomic mass is 19.1. The number of hydrogen-bond donors (Lipinski definition) is 3. The van der Waals surface area contributed by atoms with Gasteiger partial charge in [0.2, 0.25) is 0 Å². The third kappa shape index (κ3) is 1.92. The van der Waals surface area contributed by atoms with Crippen LogP contribution < -0.4 is 5.73 Å². The van der Waals surface area contributed by atoms with E-state index >= 15 is 0 Å². The predicted octanol–water partition coefficient (Wildman–Crippen LogP) is -0.526. The minimum atomic E-state index is -1.73. The normalized spacial score (nSPS) is 28.9. The van der Waals surface area contributed by atoms with Crippen LogP contribution in [-0.4, -0.2) is 49.7 Å². The number of halogens is 1. The average molecular weight is 293 g/mol. The summed E-state index contributed by atoms with van der Waals surface area (Å²) in [7, 11) is 0. The molecule has 1 aliphatic rings. The molecule has 110 valence electrons. The van der Waals surface area contributed by atoms with Crippen LogP contribution in [0.1, 0.15) is 11.8 Å². The number of fused-ring (bicyclic) bond motifs is 1. The third-order valence-electron chi connectivity index (χ3n) is 3.50. The number of hydrogen-bond acceptors (Lipinski definition) is 7. The smallest absolute Gasteiger partial charge is 0.164 e. The number of nitrogens with zero attached hydrogens (tertiary/aromatic N) is 4. The molecule has 4 atom stereocenters. The van der Waals surface area contributed by atoms with Gasteiger partial charge in [0.15, 0.2) is 12.4 Å². The molecular weight excluding hydrogens is 281 g/mol. The summed E-state index contributed by atoms with van der Waals surface area (Å²) in [5.74, 6) is 0.110. The van der Waals surface area contributed by atoms with E-state index in [1.54, 1.807) is 0 Å². The number of alkyl halides is 1. The minimum Gasteiger partial charge on any atom is -0.394 e. The summed E-state index contributed by atoms with van der Waals surface area (Å²) in [6.45, 7) is -0.559. The van der Waals surface area contributed by atoms with E-state index in [4.69, 9.17) is 20.8 Å². The Morgan fingerprint density at radius 1 is 1.52 bits per heavy atom. The average Bonchev–Trinajstić information content (AvgIpc) is 2.99. The van der Waals surface area contributed by atoms with Gasteiger partial charge < -0.3 is 25.3 Å². The van der Waals surface area contributed by atoms with Crippen molar-refractivity contribution >= 4 is 16.9 Å². The van der Waals surface area contributed by atoms with Crippen molar-refractivity contribution in [3.8, 4) is 6.07 Å². The van der Waals surface area contributed by atoms with Crippen molar-refractivity contribution in [2.75, 3.05) is 12.3 Å². The van der Waals surface area contributed by atoms with E-state index in [0.717, 1.165) is 0 Å². The number of nitriles is 1. The number of nitrogens with two attached hydrogens (primary N) is 1. The molecule has 1 unspecified atom stereocenters. The minimum absolute atomic E-state index is 0.110. The van der Waals surface area contributed by atoms with E-state index in [2.05, 4.69) is 9.97 Å². The summed E-state index contributed by atoms with van der Waals surface area (Å²) < 4.78 is 20.5. The molecule has 0 radical (unpaired) electrons. The molecule has 21 heavy (non-hydrogen) atoms. The Morgan fingerprint density at radius 2 is 2.29 bits per heavy atom. The third-order valence-corrected chi connectivity index (χ3v) is 3.50. The summed E-state index contributed by atoms with van der Waals surface area (Å²) in [6, 6.07) is 1.94. The Bertz CT molecular complexity index is 727. The molecular formula is C12H12FN5O3. The first kappa shape index (κ1) is 13.7. The highest BCUT2D eigenvalue weighted by molar-refractivity contribution is 5.91. The summed E-state index contributed by atoms with van der Waals surface area (Å²) in [5, 5.41) is 28.4. The topological polar surface area (TPSA) is 130 Å². The molecule has 3 heterocycles. The van der Waals surface area contributed by atoms with Crippen LogP contribution in [0.5, 0.6) is 0 Å². The van der Waals surface area contributed by atoms with Crippen LogP contribution in [0.3, 0.4) is 0 Å². The Hall–Kier alpha value is -2.28. The SMILES string of the molecule is N#Cc1cn(C2O[C@H](CO)[C@@H](F)[C@H]2O)c2ncnc(N)c12. The van der Waals surface area contributed by atoms with E-state index < -0.39 is 31.2 Å². The number of aliphatic hydroxyl groups is 2. The molecule has 1 fully saturated rings. The van der Waals surface area contributed by atoms with E-state index in [9.17, 15) is 9.50 Å². The van der Waals surface area contributed by atoms with Gasteiger partial charge >= 0.3 is 0 Å². The summed E-state index contributed by atoms with van der Waals surface area (Å²) in [4.78, 5) is 7.82. The van der Waals surface area contributed by atoms with Crippen molar-refractivity contribution in [3.63, 3.8) is 0 Å². The van der Waals surface area contributed by atoms with Gasteiger partial charge in [-0.25, -0.2) is 14.4 Å². The van der Waals surface area contributed by atoms with Gasteiger partial charge in [-0.1, -0.05) is 0 Å². The fourth-order valence-corrected chi connectivity index (χ4v) is 2.47. The summed E-state index contributed by atoms with van der Waals surface area (Å²) in [5.41, 5.74) is 6.18. The Morgan fingerprint density at radius 3 is 2.90 bits per heavy atom. The zero-order valence-electron chi connectivity index (χ0n) is 10.7. The molecule has 4 N–H and O–H groups in total. The van der Waals surface area contributed by atoms with Crippen molar-refractivity contribution in [1.82, 2.24) is 14.5 Å². The monoisotopic (exact) mass is 293 g/mol.